The molecule has 0 amide bonds. The molecule has 0 aliphatic heterocycles. The fourth-order valence-corrected chi connectivity index (χ4v) is 2.74. The summed E-state index contributed by atoms with van der Waals surface area (Å²) in [7, 11) is 0. The minimum Gasteiger partial charge on any atom is -0.481 e. The smallest absolute Gasteiger partial charge is 0.320 e. The molecule has 140 valence electrons. The third kappa shape index (κ3) is 8.95. The van der Waals surface area contributed by atoms with Crippen LogP contribution in [0.2, 0.25) is 0 Å². The average molecular weight is 581 g/mol. The fraction of sp³-hybridized carbons (Fsp3) is 0.263. The zero-order valence-electron chi connectivity index (χ0n) is 14.2. The normalized spacial score (nSPS) is 12.5. The fourth-order valence-electron chi connectivity index (χ4n) is 2.02. The lowest BCUT2D eigenvalue weighted by Crippen LogP contribution is -2.32. The molecule has 0 saturated carbocycles. The van der Waals surface area contributed by atoms with Gasteiger partial charge in [-0.25, -0.2) is 0 Å². The van der Waals surface area contributed by atoms with Gasteiger partial charge >= 0.3 is 11.9 Å². The van der Waals surface area contributed by atoms with Crippen LogP contribution in [0.4, 0.5) is 0 Å². The van der Waals surface area contributed by atoms with Gasteiger partial charge in [-0.05, 0) is 93.4 Å². The molecule has 2 aromatic carbocycles. The van der Waals surface area contributed by atoms with E-state index in [9.17, 15) is 9.59 Å². The predicted octanol–water partition coefficient (Wildman–Crippen LogP) is 3.80. The molecule has 0 radical (unpaired) electrons. The van der Waals surface area contributed by atoms with Gasteiger partial charge in [0.25, 0.3) is 0 Å². The lowest BCUT2D eigenvalue weighted by molar-refractivity contribution is -0.141. The van der Waals surface area contributed by atoms with Crippen molar-refractivity contribution in [1.82, 2.24) is 0 Å². The summed E-state index contributed by atoms with van der Waals surface area (Å²) < 4.78 is 2.30. The molecule has 5 nitrogen and oxygen atoms in total. The standard InChI is InChI=1S/C10H11IO2.C9H10INO2/c1-7(10(12)13)6-8-2-4-9(11)5-3-8;10-7-3-1-6(2-4-7)5-8(11)9(12)13/h2-5,7H,6H2,1H3,(H,12,13);1-4,8H,5,11H2,(H,12,13)/t7-;8-/m00/s1. The van der Waals surface area contributed by atoms with Crippen LogP contribution in [0.15, 0.2) is 48.5 Å². The maximum atomic E-state index is 10.6. The number of nitrogens with two attached hydrogens (primary N) is 1. The summed E-state index contributed by atoms with van der Waals surface area (Å²) in [6.07, 6.45) is 0.985. The predicted molar refractivity (Wildman–Crippen MR) is 118 cm³/mol. The summed E-state index contributed by atoms with van der Waals surface area (Å²) in [6, 6.07) is 14.8. The van der Waals surface area contributed by atoms with Gasteiger partial charge in [0.2, 0.25) is 0 Å². The van der Waals surface area contributed by atoms with Gasteiger partial charge in [-0.15, -0.1) is 0 Å². The van der Waals surface area contributed by atoms with Crippen molar-refractivity contribution in [1.29, 1.82) is 0 Å². The van der Waals surface area contributed by atoms with Gasteiger partial charge in [-0.1, -0.05) is 31.2 Å². The molecule has 0 saturated heterocycles. The Bertz CT molecular complexity index is 654. The Labute approximate surface area is 180 Å². The molecular weight excluding hydrogens is 560 g/mol. The first-order chi connectivity index (χ1) is 12.2. The molecule has 0 heterocycles. The van der Waals surface area contributed by atoms with Crippen LogP contribution in [0.1, 0.15) is 18.1 Å². The van der Waals surface area contributed by atoms with E-state index in [0.717, 1.165) is 14.7 Å². The van der Waals surface area contributed by atoms with Gasteiger partial charge in [-0.3, -0.25) is 9.59 Å². The van der Waals surface area contributed by atoms with E-state index in [1.54, 1.807) is 6.92 Å². The maximum absolute atomic E-state index is 10.6. The number of carboxylic acid groups (broad SMARTS) is 2. The monoisotopic (exact) mass is 581 g/mol. The highest BCUT2D eigenvalue weighted by Crippen LogP contribution is 2.11. The molecule has 7 heteroatoms. The Morgan fingerprint density at radius 2 is 1.23 bits per heavy atom. The Hall–Kier alpha value is -1.20. The molecular formula is C19H21I2NO4. The highest BCUT2D eigenvalue weighted by atomic mass is 127. The van der Waals surface area contributed by atoms with E-state index in [1.807, 2.05) is 48.5 Å². The molecule has 0 unspecified atom stereocenters. The number of rotatable bonds is 6. The summed E-state index contributed by atoms with van der Waals surface area (Å²) in [6.45, 7) is 1.72. The number of hydrogen-bond acceptors (Lipinski definition) is 3. The highest BCUT2D eigenvalue weighted by molar-refractivity contribution is 14.1. The minimum absolute atomic E-state index is 0.305. The topological polar surface area (TPSA) is 101 Å². The third-order valence-electron chi connectivity index (χ3n) is 3.56. The molecule has 2 rings (SSSR count). The van der Waals surface area contributed by atoms with Crippen molar-refractivity contribution >= 4 is 57.1 Å². The van der Waals surface area contributed by atoms with E-state index < -0.39 is 18.0 Å². The van der Waals surface area contributed by atoms with Gasteiger partial charge in [0.1, 0.15) is 6.04 Å². The molecule has 0 aromatic heterocycles. The third-order valence-corrected chi connectivity index (χ3v) is 5.00. The van der Waals surface area contributed by atoms with Crippen molar-refractivity contribution in [3.05, 3.63) is 66.8 Å². The first-order valence-electron chi connectivity index (χ1n) is 7.89. The summed E-state index contributed by atoms with van der Waals surface area (Å²) in [5.74, 6) is -2.00. The number of carboxylic acids is 2. The van der Waals surface area contributed by atoms with Crippen LogP contribution >= 0.6 is 45.2 Å². The van der Waals surface area contributed by atoms with Gasteiger partial charge in [-0.2, -0.15) is 0 Å². The van der Waals surface area contributed by atoms with E-state index in [1.165, 1.54) is 3.57 Å². The van der Waals surface area contributed by atoms with E-state index in [2.05, 4.69) is 45.2 Å². The molecule has 0 fully saturated rings. The molecule has 4 N–H and O–H groups in total. The Morgan fingerprint density at radius 1 is 0.846 bits per heavy atom. The number of halogens is 2. The summed E-state index contributed by atoms with van der Waals surface area (Å²) in [4.78, 5) is 21.0. The van der Waals surface area contributed by atoms with Crippen molar-refractivity contribution in [3.63, 3.8) is 0 Å². The summed E-state index contributed by atoms with van der Waals surface area (Å²) in [5.41, 5.74) is 7.42. The van der Waals surface area contributed by atoms with Gasteiger partial charge in [0, 0.05) is 7.14 Å². The maximum Gasteiger partial charge on any atom is 0.320 e. The Morgan fingerprint density at radius 3 is 1.58 bits per heavy atom. The van der Waals surface area contributed by atoms with Crippen LogP contribution in [0.25, 0.3) is 0 Å². The van der Waals surface area contributed by atoms with Crippen LogP contribution in [0.5, 0.6) is 0 Å². The van der Waals surface area contributed by atoms with Crippen molar-refractivity contribution in [2.45, 2.75) is 25.8 Å². The van der Waals surface area contributed by atoms with E-state index >= 15 is 0 Å². The minimum atomic E-state index is -0.960. The second-order valence-corrected chi connectivity index (χ2v) is 8.34. The van der Waals surface area contributed by atoms with Gasteiger partial charge in [0.05, 0.1) is 5.92 Å². The molecule has 2 atom stereocenters. The summed E-state index contributed by atoms with van der Waals surface area (Å²) in [5, 5.41) is 17.3. The molecule has 2 aromatic rings. The van der Waals surface area contributed by atoms with E-state index in [-0.39, 0.29) is 5.92 Å². The molecule has 0 aliphatic carbocycles. The van der Waals surface area contributed by atoms with Gasteiger partial charge in [0.15, 0.2) is 0 Å². The molecule has 26 heavy (non-hydrogen) atoms. The quantitative estimate of drug-likeness (QED) is 0.451. The van der Waals surface area contributed by atoms with Crippen LogP contribution < -0.4 is 5.73 Å². The Kier molecular flexibility index (Phi) is 10.1. The SMILES string of the molecule is C[C@@H](Cc1ccc(I)cc1)C(=O)O.N[C@@H](Cc1ccc(I)cc1)C(=O)O. The van der Waals surface area contributed by atoms with E-state index in [0.29, 0.717) is 12.8 Å². The summed E-state index contributed by atoms with van der Waals surface area (Å²) >= 11 is 4.42. The molecule has 0 aliphatic rings. The van der Waals surface area contributed by atoms with Crippen LogP contribution in [0.3, 0.4) is 0 Å². The Balaban J connectivity index is 0.000000260. The number of carbonyl (C=O) groups is 2. The molecule has 0 bridgehead atoms. The largest absolute Gasteiger partial charge is 0.481 e. The highest BCUT2D eigenvalue weighted by Gasteiger charge is 2.11. The van der Waals surface area contributed by atoms with Crippen LogP contribution in [-0.4, -0.2) is 28.2 Å². The van der Waals surface area contributed by atoms with Crippen molar-refractivity contribution in [3.8, 4) is 0 Å². The van der Waals surface area contributed by atoms with Gasteiger partial charge < -0.3 is 15.9 Å². The number of benzene rings is 2. The van der Waals surface area contributed by atoms with Crippen LogP contribution in [-0.2, 0) is 22.4 Å². The molecule has 0 spiro atoms. The number of aliphatic carboxylic acids is 2. The first kappa shape index (κ1) is 22.8. The average Bonchev–Trinajstić information content (AvgIpc) is 2.59. The van der Waals surface area contributed by atoms with Crippen molar-refractivity contribution < 1.29 is 19.8 Å². The second-order valence-electron chi connectivity index (χ2n) is 5.85. The van der Waals surface area contributed by atoms with E-state index in [4.69, 9.17) is 15.9 Å². The zero-order valence-corrected chi connectivity index (χ0v) is 18.5. The van der Waals surface area contributed by atoms with Crippen LogP contribution in [0, 0.1) is 13.1 Å². The lowest BCUT2D eigenvalue weighted by atomic mass is 10.0. The van der Waals surface area contributed by atoms with Crippen molar-refractivity contribution in [2.75, 3.05) is 0 Å². The first-order valence-corrected chi connectivity index (χ1v) is 10.0. The lowest BCUT2D eigenvalue weighted by Gasteiger charge is -2.05. The second kappa shape index (κ2) is 11.5. The van der Waals surface area contributed by atoms with Crippen molar-refractivity contribution in [2.24, 2.45) is 11.7 Å². The number of hydrogen-bond donors (Lipinski definition) is 3. The zero-order chi connectivity index (χ0) is 19.7.